The first-order valence-electron chi connectivity index (χ1n) is 9.64. The Morgan fingerprint density at radius 1 is 1.33 bits per heavy atom. The number of benzene rings is 1. The monoisotopic (exact) mass is 449 g/mol. The SMILES string of the molecule is CC(Sc1nnc(N2CCCC2)n1Cc1ccco1)C(=O)Nc1ccc(F)cc1Cl. The lowest BCUT2D eigenvalue weighted by molar-refractivity contribution is -0.115. The molecule has 1 saturated heterocycles. The zero-order valence-corrected chi connectivity index (χ0v) is 17.9. The molecule has 1 aliphatic rings. The molecule has 0 spiro atoms. The van der Waals surface area contributed by atoms with E-state index in [2.05, 4.69) is 20.4 Å². The van der Waals surface area contributed by atoms with Crippen molar-refractivity contribution < 1.29 is 13.6 Å². The highest BCUT2D eigenvalue weighted by atomic mass is 35.5. The largest absolute Gasteiger partial charge is 0.467 e. The van der Waals surface area contributed by atoms with E-state index < -0.39 is 11.1 Å². The summed E-state index contributed by atoms with van der Waals surface area (Å²) in [5, 5.41) is 11.8. The molecule has 0 bridgehead atoms. The average Bonchev–Trinajstić information content (AvgIpc) is 3.47. The first-order valence-corrected chi connectivity index (χ1v) is 10.9. The number of nitrogens with one attached hydrogen (secondary N) is 1. The molecule has 0 aliphatic carbocycles. The summed E-state index contributed by atoms with van der Waals surface area (Å²) in [5.74, 6) is 0.845. The van der Waals surface area contributed by atoms with Crippen LogP contribution >= 0.6 is 23.4 Å². The highest BCUT2D eigenvalue weighted by Crippen LogP contribution is 2.30. The molecular formula is C20H21ClFN5O2S. The number of halogens is 2. The van der Waals surface area contributed by atoms with Crippen molar-refractivity contribution in [2.45, 2.75) is 36.7 Å². The van der Waals surface area contributed by atoms with Crippen molar-refractivity contribution in [2.24, 2.45) is 0 Å². The minimum atomic E-state index is -0.475. The minimum Gasteiger partial charge on any atom is -0.467 e. The third kappa shape index (κ3) is 4.62. The van der Waals surface area contributed by atoms with Crippen molar-refractivity contribution in [1.82, 2.24) is 14.8 Å². The van der Waals surface area contributed by atoms with E-state index in [4.69, 9.17) is 16.0 Å². The Hall–Kier alpha value is -2.52. The molecular weight excluding hydrogens is 429 g/mol. The fourth-order valence-corrected chi connectivity index (χ4v) is 4.31. The Kier molecular flexibility index (Phi) is 6.29. The van der Waals surface area contributed by atoms with Gasteiger partial charge in [-0.15, -0.1) is 10.2 Å². The number of anilines is 2. The molecule has 1 N–H and O–H groups in total. The maximum absolute atomic E-state index is 13.2. The summed E-state index contributed by atoms with van der Waals surface area (Å²) in [5.41, 5.74) is 0.366. The molecule has 10 heteroatoms. The summed E-state index contributed by atoms with van der Waals surface area (Å²) in [4.78, 5) is 14.9. The number of rotatable bonds is 7. The van der Waals surface area contributed by atoms with Crippen LogP contribution in [0.4, 0.5) is 16.0 Å². The van der Waals surface area contributed by atoms with Crippen molar-refractivity contribution in [3.8, 4) is 0 Å². The molecule has 1 amide bonds. The maximum atomic E-state index is 13.2. The Balaban J connectivity index is 1.51. The first-order chi connectivity index (χ1) is 14.5. The Morgan fingerprint density at radius 2 is 2.13 bits per heavy atom. The lowest BCUT2D eigenvalue weighted by Crippen LogP contribution is -2.24. The van der Waals surface area contributed by atoms with Crippen LogP contribution in [0, 0.1) is 5.82 Å². The van der Waals surface area contributed by atoms with Gasteiger partial charge < -0.3 is 14.6 Å². The van der Waals surface area contributed by atoms with Gasteiger partial charge >= 0.3 is 0 Å². The molecule has 3 aromatic rings. The maximum Gasteiger partial charge on any atom is 0.237 e. The zero-order chi connectivity index (χ0) is 21.1. The van der Waals surface area contributed by atoms with Crippen LogP contribution in [-0.2, 0) is 11.3 Å². The summed E-state index contributed by atoms with van der Waals surface area (Å²) in [6, 6.07) is 7.59. The second-order valence-corrected chi connectivity index (χ2v) is 8.73. The van der Waals surface area contributed by atoms with Gasteiger partial charge in [-0.3, -0.25) is 9.36 Å². The number of thioether (sulfide) groups is 1. The lowest BCUT2D eigenvalue weighted by atomic mass is 10.3. The number of aromatic nitrogens is 3. The zero-order valence-electron chi connectivity index (χ0n) is 16.3. The van der Waals surface area contributed by atoms with Gasteiger partial charge in [0.15, 0.2) is 5.16 Å². The molecule has 0 radical (unpaired) electrons. The van der Waals surface area contributed by atoms with Gasteiger partial charge in [0.25, 0.3) is 0 Å². The molecule has 7 nitrogen and oxygen atoms in total. The number of hydrogen-bond acceptors (Lipinski definition) is 6. The fraction of sp³-hybridized carbons (Fsp3) is 0.350. The van der Waals surface area contributed by atoms with Crippen LogP contribution in [0.3, 0.4) is 0 Å². The topological polar surface area (TPSA) is 76.2 Å². The van der Waals surface area contributed by atoms with Crippen LogP contribution in [0.15, 0.2) is 46.2 Å². The Bertz CT molecular complexity index is 1020. The molecule has 1 aromatic carbocycles. The number of nitrogens with zero attached hydrogens (tertiary/aromatic N) is 4. The van der Waals surface area contributed by atoms with Gasteiger partial charge in [-0.1, -0.05) is 23.4 Å². The van der Waals surface area contributed by atoms with Crippen LogP contribution in [0.25, 0.3) is 0 Å². The third-order valence-electron chi connectivity index (χ3n) is 4.82. The molecule has 1 unspecified atom stereocenters. The van der Waals surface area contributed by atoms with Gasteiger partial charge in [-0.05, 0) is 50.1 Å². The van der Waals surface area contributed by atoms with E-state index in [0.717, 1.165) is 43.7 Å². The van der Waals surface area contributed by atoms with Crippen molar-refractivity contribution >= 4 is 40.9 Å². The van der Waals surface area contributed by atoms with Crippen LogP contribution in [0.2, 0.25) is 5.02 Å². The fourth-order valence-electron chi connectivity index (χ4n) is 3.25. The summed E-state index contributed by atoms with van der Waals surface area (Å²) in [7, 11) is 0. The van der Waals surface area contributed by atoms with Crippen molar-refractivity contribution in [2.75, 3.05) is 23.3 Å². The van der Waals surface area contributed by atoms with Crippen LogP contribution in [-0.4, -0.2) is 39.0 Å². The predicted octanol–water partition coefficient (Wildman–Crippen LogP) is 4.43. The van der Waals surface area contributed by atoms with Gasteiger partial charge in [-0.25, -0.2) is 4.39 Å². The van der Waals surface area contributed by atoms with E-state index in [1.165, 1.54) is 23.9 Å². The van der Waals surface area contributed by atoms with Gasteiger partial charge in [-0.2, -0.15) is 0 Å². The standard InChI is InChI=1S/C20H21ClFN5O2S/c1-13(18(28)23-17-7-6-14(22)11-16(17)21)30-20-25-24-19(26-8-2-3-9-26)27(20)12-15-5-4-10-29-15/h4-7,10-11,13H,2-3,8-9,12H2,1H3,(H,23,28). The van der Waals surface area contributed by atoms with Crippen LogP contribution in [0.5, 0.6) is 0 Å². The smallest absolute Gasteiger partial charge is 0.237 e. The van der Waals surface area contributed by atoms with E-state index in [9.17, 15) is 9.18 Å². The molecule has 4 rings (SSSR count). The number of furan rings is 1. The number of amides is 1. The molecule has 158 valence electrons. The summed E-state index contributed by atoms with van der Waals surface area (Å²) in [6.07, 6.45) is 3.87. The second-order valence-electron chi connectivity index (χ2n) is 7.02. The lowest BCUT2D eigenvalue weighted by Gasteiger charge is -2.18. The van der Waals surface area contributed by atoms with Crippen LogP contribution in [0.1, 0.15) is 25.5 Å². The van der Waals surface area contributed by atoms with Gasteiger partial charge in [0, 0.05) is 13.1 Å². The predicted molar refractivity (Wildman–Crippen MR) is 115 cm³/mol. The number of carbonyl (C=O) groups is 1. The van der Waals surface area contributed by atoms with E-state index in [0.29, 0.717) is 17.4 Å². The van der Waals surface area contributed by atoms with Gasteiger partial charge in [0.2, 0.25) is 11.9 Å². The summed E-state index contributed by atoms with van der Waals surface area (Å²) >= 11 is 7.32. The van der Waals surface area contributed by atoms with E-state index >= 15 is 0 Å². The number of hydrogen-bond donors (Lipinski definition) is 1. The summed E-state index contributed by atoms with van der Waals surface area (Å²) < 4.78 is 20.7. The van der Waals surface area contributed by atoms with E-state index in [1.54, 1.807) is 13.2 Å². The molecule has 2 aromatic heterocycles. The summed E-state index contributed by atoms with van der Waals surface area (Å²) in [6.45, 7) is 4.12. The van der Waals surface area contributed by atoms with Gasteiger partial charge in [0.05, 0.1) is 28.8 Å². The minimum absolute atomic E-state index is 0.151. The van der Waals surface area contributed by atoms with E-state index in [1.807, 2.05) is 16.7 Å². The second kappa shape index (κ2) is 9.09. The number of carbonyl (C=O) groups excluding carboxylic acids is 1. The molecule has 1 aliphatic heterocycles. The van der Waals surface area contributed by atoms with Crippen molar-refractivity contribution in [3.63, 3.8) is 0 Å². The highest BCUT2D eigenvalue weighted by molar-refractivity contribution is 8.00. The Labute approximate surface area is 182 Å². The third-order valence-corrected chi connectivity index (χ3v) is 6.21. The molecule has 3 heterocycles. The Morgan fingerprint density at radius 3 is 2.83 bits per heavy atom. The van der Waals surface area contributed by atoms with E-state index in [-0.39, 0.29) is 10.9 Å². The van der Waals surface area contributed by atoms with Gasteiger partial charge in [0.1, 0.15) is 11.6 Å². The highest BCUT2D eigenvalue weighted by Gasteiger charge is 2.25. The molecule has 1 atom stereocenters. The van der Waals surface area contributed by atoms with Crippen molar-refractivity contribution in [1.29, 1.82) is 0 Å². The van der Waals surface area contributed by atoms with Crippen molar-refractivity contribution in [3.05, 3.63) is 53.2 Å². The quantitative estimate of drug-likeness (QED) is 0.538. The molecule has 1 fully saturated rings. The van der Waals surface area contributed by atoms with Crippen LogP contribution < -0.4 is 10.2 Å². The molecule has 0 saturated carbocycles. The normalized spacial score (nSPS) is 14.8. The molecule has 30 heavy (non-hydrogen) atoms. The average molecular weight is 450 g/mol. The first kappa shape index (κ1) is 20.7.